The predicted octanol–water partition coefficient (Wildman–Crippen LogP) is 3.21. The normalized spacial score (nSPS) is 12.5. The number of hydrogen-bond acceptors (Lipinski definition) is 5. The minimum Gasteiger partial charge on any atom is -0.460 e. The first kappa shape index (κ1) is 18.6. The van der Waals surface area contributed by atoms with E-state index in [9.17, 15) is 9.18 Å². The van der Waals surface area contributed by atoms with Crippen LogP contribution >= 0.6 is 0 Å². The van der Waals surface area contributed by atoms with E-state index in [2.05, 4.69) is 9.97 Å². The third-order valence-corrected chi connectivity index (χ3v) is 3.43. The molecule has 0 aliphatic rings. The second-order valence-corrected chi connectivity index (χ2v) is 6.72. The van der Waals surface area contributed by atoms with Crippen LogP contribution in [-0.4, -0.2) is 21.5 Å². The zero-order chi connectivity index (χ0) is 18.6. The molecule has 0 radical (unpaired) electrons. The lowest BCUT2D eigenvalue weighted by Crippen LogP contribution is -2.24. The second kappa shape index (κ2) is 7.45. The number of H-pyrrole nitrogens is 1. The van der Waals surface area contributed by atoms with E-state index in [1.54, 1.807) is 39.1 Å². The van der Waals surface area contributed by atoms with Crippen LogP contribution in [0.15, 0.2) is 24.4 Å². The maximum Gasteiger partial charge on any atom is 0.306 e. The zero-order valence-corrected chi connectivity index (χ0v) is 14.5. The summed E-state index contributed by atoms with van der Waals surface area (Å²) in [6, 6.07) is 5.61. The van der Waals surface area contributed by atoms with Gasteiger partial charge in [-0.1, -0.05) is 6.07 Å². The molecule has 0 saturated carbocycles. The van der Waals surface area contributed by atoms with Crippen molar-refractivity contribution in [3.63, 3.8) is 0 Å². The summed E-state index contributed by atoms with van der Waals surface area (Å²) < 4.78 is 19.0. The molecule has 3 N–H and O–H groups in total. The SMILES string of the molecule is CC(C)(C)OC(=O)CCC(N)c1ncc(-c2ccc(C#N)c(F)c2)[nH]1. The van der Waals surface area contributed by atoms with E-state index in [-0.39, 0.29) is 18.0 Å². The number of esters is 1. The van der Waals surface area contributed by atoms with Crippen LogP contribution in [0.2, 0.25) is 0 Å². The van der Waals surface area contributed by atoms with E-state index in [4.69, 9.17) is 15.7 Å². The lowest BCUT2D eigenvalue weighted by atomic mass is 10.1. The molecule has 132 valence electrons. The van der Waals surface area contributed by atoms with E-state index in [0.717, 1.165) is 0 Å². The van der Waals surface area contributed by atoms with E-state index < -0.39 is 17.5 Å². The number of imidazole rings is 1. The minimum absolute atomic E-state index is 0.0162. The summed E-state index contributed by atoms with van der Waals surface area (Å²) in [5.41, 5.74) is 6.66. The van der Waals surface area contributed by atoms with Crippen molar-refractivity contribution in [2.75, 3.05) is 0 Å². The molecule has 1 unspecified atom stereocenters. The Kier molecular flexibility index (Phi) is 5.55. The van der Waals surface area contributed by atoms with Crippen molar-refractivity contribution in [1.29, 1.82) is 5.26 Å². The summed E-state index contributed by atoms with van der Waals surface area (Å²) in [7, 11) is 0. The Morgan fingerprint density at radius 3 is 2.80 bits per heavy atom. The number of nitrogens with one attached hydrogen (secondary N) is 1. The summed E-state index contributed by atoms with van der Waals surface area (Å²) in [5, 5.41) is 8.77. The largest absolute Gasteiger partial charge is 0.460 e. The zero-order valence-electron chi connectivity index (χ0n) is 14.5. The highest BCUT2D eigenvalue weighted by atomic mass is 19.1. The molecule has 0 bridgehead atoms. The molecule has 1 aromatic heterocycles. The average Bonchev–Trinajstić information content (AvgIpc) is 3.01. The Bertz CT molecular complexity index is 802. The number of rotatable bonds is 5. The first-order chi connectivity index (χ1) is 11.7. The molecule has 0 saturated heterocycles. The topological polar surface area (TPSA) is 105 Å². The summed E-state index contributed by atoms with van der Waals surface area (Å²) in [6.07, 6.45) is 2.10. The van der Waals surface area contributed by atoms with Crippen LogP contribution in [0.25, 0.3) is 11.3 Å². The van der Waals surface area contributed by atoms with Crippen LogP contribution in [0.3, 0.4) is 0 Å². The van der Waals surface area contributed by atoms with Crippen molar-refractivity contribution in [1.82, 2.24) is 9.97 Å². The van der Waals surface area contributed by atoms with Crippen molar-refractivity contribution in [3.8, 4) is 17.3 Å². The van der Waals surface area contributed by atoms with Gasteiger partial charge in [0.25, 0.3) is 0 Å². The fraction of sp³-hybridized carbons (Fsp3) is 0.389. The highest BCUT2D eigenvalue weighted by molar-refractivity contribution is 5.69. The van der Waals surface area contributed by atoms with Gasteiger partial charge in [-0.3, -0.25) is 4.79 Å². The maximum absolute atomic E-state index is 13.7. The quantitative estimate of drug-likeness (QED) is 0.810. The predicted molar refractivity (Wildman–Crippen MR) is 90.7 cm³/mol. The molecule has 0 fully saturated rings. The van der Waals surface area contributed by atoms with Crippen LogP contribution in [0.1, 0.15) is 51.0 Å². The van der Waals surface area contributed by atoms with Gasteiger partial charge < -0.3 is 15.5 Å². The van der Waals surface area contributed by atoms with Gasteiger partial charge in [0.1, 0.15) is 23.3 Å². The minimum atomic E-state index is -0.592. The molecule has 0 aliphatic carbocycles. The first-order valence-corrected chi connectivity index (χ1v) is 7.92. The number of nitrogens with zero attached hydrogens (tertiary/aromatic N) is 2. The standard InChI is InChI=1S/C18H21FN4O2/c1-18(2,3)25-16(24)7-6-14(21)17-22-10-15(23-17)11-4-5-12(9-20)13(19)8-11/h4-5,8,10,14H,6-7,21H2,1-3H3,(H,22,23). The number of carbonyl (C=O) groups excluding carboxylic acids is 1. The van der Waals surface area contributed by atoms with Crippen LogP contribution in [0, 0.1) is 17.1 Å². The fourth-order valence-corrected chi connectivity index (χ4v) is 2.25. The average molecular weight is 344 g/mol. The van der Waals surface area contributed by atoms with Gasteiger partial charge in [-0.05, 0) is 39.3 Å². The van der Waals surface area contributed by atoms with E-state index in [1.807, 2.05) is 0 Å². The third-order valence-electron chi connectivity index (χ3n) is 3.43. The summed E-state index contributed by atoms with van der Waals surface area (Å²) >= 11 is 0. The lowest BCUT2D eigenvalue weighted by Gasteiger charge is -2.19. The monoisotopic (exact) mass is 344 g/mol. The lowest BCUT2D eigenvalue weighted by molar-refractivity contribution is -0.155. The van der Waals surface area contributed by atoms with Gasteiger partial charge in [-0.2, -0.15) is 5.26 Å². The summed E-state index contributed by atoms with van der Waals surface area (Å²) in [6.45, 7) is 5.42. The highest BCUT2D eigenvalue weighted by Crippen LogP contribution is 2.22. The van der Waals surface area contributed by atoms with Gasteiger partial charge in [0.15, 0.2) is 0 Å². The molecule has 2 rings (SSSR count). The van der Waals surface area contributed by atoms with Crippen molar-refractivity contribution < 1.29 is 13.9 Å². The Balaban J connectivity index is 2.02. The van der Waals surface area contributed by atoms with Gasteiger partial charge >= 0.3 is 5.97 Å². The van der Waals surface area contributed by atoms with E-state index in [1.165, 1.54) is 12.1 Å². The number of aromatic nitrogens is 2. The van der Waals surface area contributed by atoms with Crippen LogP contribution < -0.4 is 5.73 Å². The molecule has 6 nitrogen and oxygen atoms in total. The third kappa shape index (κ3) is 5.13. The van der Waals surface area contributed by atoms with E-state index >= 15 is 0 Å². The number of halogens is 1. The number of hydrogen-bond donors (Lipinski definition) is 2. The maximum atomic E-state index is 13.7. The second-order valence-electron chi connectivity index (χ2n) is 6.72. The van der Waals surface area contributed by atoms with E-state index in [0.29, 0.717) is 23.5 Å². The smallest absolute Gasteiger partial charge is 0.306 e. The van der Waals surface area contributed by atoms with Crippen molar-refractivity contribution in [2.45, 2.75) is 45.3 Å². The van der Waals surface area contributed by atoms with Crippen LogP contribution in [0.5, 0.6) is 0 Å². The molecular formula is C18H21FN4O2. The molecule has 0 amide bonds. The Labute approximate surface area is 145 Å². The number of nitriles is 1. The van der Waals surface area contributed by atoms with Gasteiger partial charge in [0.05, 0.1) is 23.5 Å². The Morgan fingerprint density at radius 2 is 2.20 bits per heavy atom. The molecule has 7 heteroatoms. The van der Waals surface area contributed by atoms with Crippen molar-refractivity contribution in [2.24, 2.45) is 5.73 Å². The number of nitrogens with two attached hydrogens (primary N) is 1. The number of carbonyl (C=O) groups is 1. The molecule has 1 atom stereocenters. The summed E-state index contributed by atoms with van der Waals surface area (Å²) in [5.74, 6) is -0.405. The molecule has 1 heterocycles. The number of benzene rings is 1. The molecule has 2 aromatic rings. The Morgan fingerprint density at radius 1 is 1.48 bits per heavy atom. The Hall–Kier alpha value is -2.72. The van der Waals surface area contributed by atoms with Crippen molar-refractivity contribution >= 4 is 5.97 Å². The molecule has 0 spiro atoms. The number of ether oxygens (including phenoxy) is 1. The fourth-order valence-electron chi connectivity index (χ4n) is 2.25. The summed E-state index contributed by atoms with van der Waals surface area (Å²) in [4.78, 5) is 19.0. The van der Waals surface area contributed by atoms with Crippen molar-refractivity contribution in [3.05, 3.63) is 41.6 Å². The molecule has 25 heavy (non-hydrogen) atoms. The van der Waals surface area contributed by atoms with Gasteiger partial charge in [-0.25, -0.2) is 9.37 Å². The first-order valence-electron chi connectivity index (χ1n) is 7.92. The van der Waals surface area contributed by atoms with Crippen LogP contribution in [-0.2, 0) is 9.53 Å². The van der Waals surface area contributed by atoms with Crippen LogP contribution in [0.4, 0.5) is 4.39 Å². The van der Waals surface area contributed by atoms with Gasteiger partial charge in [0, 0.05) is 12.0 Å². The molecule has 1 aromatic carbocycles. The number of aromatic amines is 1. The van der Waals surface area contributed by atoms with Gasteiger partial charge in [-0.15, -0.1) is 0 Å². The molecular weight excluding hydrogens is 323 g/mol. The highest BCUT2D eigenvalue weighted by Gasteiger charge is 2.18. The van der Waals surface area contributed by atoms with Gasteiger partial charge in [0.2, 0.25) is 0 Å². The molecule has 0 aliphatic heterocycles.